The molecule has 1 N–H and O–H groups in total. The summed E-state index contributed by atoms with van der Waals surface area (Å²) in [5.41, 5.74) is 1.41. The Hall–Kier alpha value is -1.51. The third-order valence-corrected chi connectivity index (χ3v) is 3.27. The first kappa shape index (κ1) is 16.5. The lowest BCUT2D eigenvalue weighted by Gasteiger charge is -2.23. The van der Waals surface area contributed by atoms with Crippen molar-refractivity contribution in [1.82, 2.24) is 0 Å². The maximum Gasteiger partial charge on any atom is 0.335 e. The molecule has 1 unspecified atom stereocenters. The zero-order valence-corrected chi connectivity index (χ0v) is 13.2. The summed E-state index contributed by atoms with van der Waals surface area (Å²) in [6, 6.07) is 5.12. The van der Waals surface area contributed by atoms with E-state index < -0.39 is 5.97 Å². The Bertz CT molecular complexity index is 458. The van der Waals surface area contributed by atoms with Crippen LogP contribution in [0.4, 0.5) is 0 Å². The van der Waals surface area contributed by atoms with Gasteiger partial charge >= 0.3 is 5.97 Å². The van der Waals surface area contributed by atoms with E-state index in [1.165, 1.54) is 6.42 Å². The van der Waals surface area contributed by atoms with Crippen LogP contribution in [0.25, 0.3) is 0 Å². The molecule has 112 valence electrons. The largest absolute Gasteiger partial charge is 0.494 e. The Morgan fingerprint density at radius 2 is 2.00 bits per heavy atom. The van der Waals surface area contributed by atoms with Gasteiger partial charge in [-0.3, -0.25) is 0 Å². The van der Waals surface area contributed by atoms with Gasteiger partial charge in [-0.25, -0.2) is 4.79 Å². The van der Waals surface area contributed by atoms with Crippen molar-refractivity contribution in [3.05, 3.63) is 29.3 Å². The number of carboxylic acid groups (broad SMARTS) is 1. The van der Waals surface area contributed by atoms with E-state index in [1.54, 1.807) is 25.1 Å². The summed E-state index contributed by atoms with van der Waals surface area (Å²) in [6.07, 6.45) is 2.18. The number of hydrogen-bond acceptors (Lipinski definition) is 2. The molecule has 3 heteroatoms. The second kappa shape index (κ2) is 6.78. The fourth-order valence-corrected chi connectivity index (χ4v) is 2.49. The van der Waals surface area contributed by atoms with Crippen molar-refractivity contribution >= 4 is 5.97 Å². The summed E-state index contributed by atoms with van der Waals surface area (Å²) >= 11 is 0. The first-order chi connectivity index (χ1) is 9.19. The van der Waals surface area contributed by atoms with Gasteiger partial charge in [-0.1, -0.05) is 27.7 Å². The van der Waals surface area contributed by atoms with Crippen LogP contribution in [0.1, 0.15) is 56.5 Å². The smallest absolute Gasteiger partial charge is 0.335 e. The maximum absolute atomic E-state index is 10.9. The molecule has 0 aromatic heterocycles. The lowest BCUT2D eigenvalue weighted by molar-refractivity contribution is 0.0696. The molecule has 1 aromatic carbocycles. The molecule has 1 rings (SSSR count). The second-order valence-electron chi connectivity index (χ2n) is 6.79. The average Bonchev–Trinajstić information content (AvgIpc) is 2.25. The number of benzene rings is 1. The van der Waals surface area contributed by atoms with E-state index in [9.17, 15) is 4.79 Å². The van der Waals surface area contributed by atoms with E-state index in [1.807, 2.05) is 0 Å². The zero-order chi connectivity index (χ0) is 15.3. The first-order valence-corrected chi connectivity index (χ1v) is 7.16. The molecule has 0 bridgehead atoms. The van der Waals surface area contributed by atoms with Crippen LogP contribution in [0.2, 0.25) is 0 Å². The van der Waals surface area contributed by atoms with Crippen LogP contribution in [-0.2, 0) is 0 Å². The fourth-order valence-electron chi connectivity index (χ4n) is 2.49. The standard InChI is InChI=1S/C17H26O3/c1-12(11-17(3,4)5)8-9-20-14-6-7-15(16(18)19)13(2)10-14/h6-7,10,12H,8-9,11H2,1-5H3,(H,18,19). The summed E-state index contributed by atoms with van der Waals surface area (Å²) in [5.74, 6) is 0.470. The maximum atomic E-state index is 10.9. The van der Waals surface area contributed by atoms with Gasteiger partial charge in [0.25, 0.3) is 0 Å². The Morgan fingerprint density at radius 3 is 2.50 bits per heavy atom. The summed E-state index contributed by atoms with van der Waals surface area (Å²) in [4.78, 5) is 10.9. The summed E-state index contributed by atoms with van der Waals surface area (Å²) in [7, 11) is 0. The second-order valence-corrected chi connectivity index (χ2v) is 6.79. The van der Waals surface area contributed by atoms with E-state index in [0.29, 0.717) is 23.5 Å². The highest BCUT2D eigenvalue weighted by Gasteiger charge is 2.15. The van der Waals surface area contributed by atoms with E-state index in [0.717, 1.165) is 17.7 Å². The van der Waals surface area contributed by atoms with Crippen molar-refractivity contribution < 1.29 is 14.6 Å². The van der Waals surface area contributed by atoms with Gasteiger partial charge in [-0.05, 0) is 54.9 Å². The van der Waals surface area contributed by atoms with E-state index in [-0.39, 0.29) is 0 Å². The first-order valence-electron chi connectivity index (χ1n) is 7.16. The summed E-state index contributed by atoms with van der Waals surface area (Å²) < 4.78 is 5.71. The van der Waals surface area contributed by atoms with Crippen LogP contribution in [0.15, 0.2) is 18.2 Å². The van der Waals surface area contributed by atoms with E-state index in [4.69, 9.17) is 9.84 Å². The molecule has 3 nitrogen and oxygen atoms in total. The van der Waals surface area contributed by atoms with Crippen molar-refractivity contribution in [3.63, 3.8) is 0 Å². The molecule has 0 aliphatic heterocycles. The molecule has 1 atom stereocenters. The Balaban J connectivity index is 2.47. The van der Waals surface area contributed by atoms with Crippen LogP contribution < -0.4 is 4.74 Å². The molecule has 20 heavy (non-hydrogen) atoms. The minimum absolute atomic E-state index is 0.332. The molecular weight excluding hydrogens is 252 g/mol. The normalized spacial score (nSPS) is 13.1. The van der Waals surface area contributed by atoms with Gasteiger partial charge in [0.05, 0.1) is 12.2 Å². The number of carbonyl (C=O) groups is 1. The predicted octanol–water partition coefficient (Wildman–Crippen LogP) is 4.53. The summed E-state index contributed by atoms with van der Waals surface area (Å²) in [5, 5.41) is 8.97. The molecule has 0 heterocycles. The number of rotatable bonds is 6. The topological polar surface area (TPSA) is 46.5 Å². The van der Waals surface area contributed by atoms with Crippen LogP contribution in [0.3, 0.4) is 0 Å². The van der Waals surface area contributed by atoms with Crippen LogP contribution in [0.5, 0.6) is 5.75 Å². The number of aryl methyl sites for hydroxylation is 1. The third kappa shape index (κ3) is 5.64. The zero-order valence-electron chi connectivity index (χ0n) is 13.2. The number of aromatic carboxylic acids is 1. The molecular formula is C17H26O3. The number of hydrogen-bond donors (Lipinski definition) is 1. The average molecular weight is 278 g/mol. The number of ether oxygens (including phenoxy) is 1. The number of carboxylic acids is 1. The highest BCUT2D eigenvalue weighted by molar-refractivity contribution is 5.89. The van der Waals surface area contributed by atoms with Crippen molar-refractivity contribution in [1.29, 1.82) is 0 Å². The minimum Gasteiger partial charge on any atom is -0.494 e. The van der Waals surface area contributed by atoms with Crippen molar-refractivity contribution in [3.8, 4) is 5.75 Å². The van der Waals surface area contributed by atoms with Gasteiger partial charge in [-0.2, -0.15) is 0 Å². The lowest BCUT2D eigenvalue weighted by Crippen LogP contribution is -2.13. The highest BCUT2D eigenvalue weighted by atomic mass is 16.5. The molecule has 0 spiro atoms. The third-order valence-electron chi connectivity index (χ3n) is 3.27. The minimum atomic E-state index is -0.896. The summed E-state index contributed by atoms with van der Waals surface area (Å²) in [6.45, 7) is 11.4. The van der Waals surface area contributed by atoms with Crippen LogP contribution in [0, 0.1) is 18.3 Å². The van der Waals surface area contributed by atoms with Crippen LogP contribution in [-0.4, -0.2) is 17.7 Å². The fraction of sp³-hybridized carbons (Fsp3) is 0.588. The van der Waals surface area contributed by atoms with Gasteiger partial charge in [0.15, 0.2) is 0 Å². The molecule has 0 amide bonds. The molecule has 1 aromatic rings. The lowest BCUT2D eigenvalue weighted by atomic mass is 9.84. The molecule has 0 saturated carbocycles. The monoisotopic (exact) mass is 278 g/mol. The Morgan fingerprint density at radius 1 is 1.35 bits per heavy atom. The van der Waals surface area contributed by atoms with E-state index in [2.05, 4.69) is 27.7 Å². The van der Waals surface area contributed by atoms with Gasteiger partial charge in [0.1, 0.15) is 5.75 Å². The van der Waals surface area contributed by atoms with Crippen molar-refractivity contribution in [2.24, 2.45) is 11.3 Å². The molecule has 0 aliphatic carbocycles. The molecule has 0 aliphatic rings. The highest BCUT2D eigenvalue weighted by Crippen LogP contribution is 2.26. The predicted molar refractivity (Wildman–Crippen MR) is 81.5 cm³/mol. The molecule has 0 fully saturated rings. The van der Waals surface area contributed by atoms with Gasteiger partial charge in [0.2, 0.25) is 0 Å². The Kier molecular flexibility index (Phi) is 5.61. The molecule has 0 saturated heterocycles. The van der Waals surface area contributed by atoms with Gasteiger partial charge in [-0.15, -0.1) is 0 Å². The van der Waals surface area contributed by atoms with Crippen molar-refractivity contribution in [2.75, 3.05) is 6.61 Å². The van der Waals surface area contributed by atoms with Crippen molar-refractivity contribution in [2.45, 2.75) is 47.5 Å². The van der Waals surface area contributed by atoms with Crippen LogP contribution >= 0.6 is 0 Å². The van der Waals surface area contributed by atoms with Gasteiger partial charge in [0, 0.05) is 0 Å². The Labute approximate surface area is 122 Å². The SMILES string of the molecule is Cc1cc(OCCC(C)CC(C)(C)C)ccc1C(=O)O. The van der Waals surface area contributed by atoms with Gasteiger partial charge < -0.3 is 9.84 Å². The molecule has 0 radical (unpaired) electrons. The quantitative estimate of drug-likeness (QED) is 0.831. The van der Waals surface area contributed by atoms with E-state index >= 15 is 0 Å².